The van der Waals surface area contributed by atoms with Gasteiger partial charge >= 0.3 is 10.1 Å². The summed E-state index contributed by atoms with van der Waals surface area (Å²) in [7, 11) is -2.50. The van der Waals surface area contributed by atoms with Crippen LogP contribution in [0.2, 0.25) is 0 Å². The van der Waals surface area contributed by atoms with Crippen LogP contribution in [0.5, 0.6) is 23.0 Å². The molecule has 0 aliphatic carbocycles. The van der Waals surface area contributed by atoms with Gasteiger partial charge in [-0.1, -0.05) is 24.3 Å². The second-order valence-corrected chi connectivity index (χ2v) is 10.4. The lowest BCUT2D eigenvalue weighted by Gasteiger charge is -2.42. The summed E-state index contributed by atoms with van der Waals surface area (Å²) in [6.45, 7) is 3.45. The van der Waals surface area contributed by atoms with Gasteiger partial charge in [-0.15, -0.1) is 0 Å². The Bertz CT molecular complexity index is 1400. The summed E-state index contributed by atoms with van der Waals surface area (Å²) >= 11 is 0. The van der Waals surface area contributed by atoms with Crippen molar-refractivity contribution >= 4 is 10.1 Å². The third-order valence-corrected chi connectivity index (χ3v) is 8.36. The van der Waals surface area contributed by atoms with Gasteiger partial charge < -0.3 is 18.4 Å². The molecule has 8 heteroatoms. The van der Waals surface area contributed by atoms with Crippen LogP contribution in [0.15, 0.2) is 53.4 Å². The maximum absolute atomic E-state index is 13.2. The highest BCUT2D eigenvalue weighted by Gasteiger charge is 2.36. The van der Waals surface area contributed by atoms with Crippen LogP contribution in [-0.2, 0) is 29.5 Å². The van der Waals surface area contributed by atoms with Gasteiger partial charge in [0.1, 0.15) is 4.90 Å². The molecule has 0 N–H and O–H groups in total. The van der Waals surface area contributed by atoms with E-state index in [0.29, 0.717) is 17.9 Å². The van der Waals surface area contributed by atoms with Gasteiger partial charge in [-0.05, 0) is 66.3 Å². The first-order chi connectivity index (χ1) is 16.4. The minimum Gasteiger partial charge on any atom is -0.493 e. The van der Waals surface area contributed by atoms with Crippen molar-refractivity contribution in [1.29, 1.82) is 0 Å². The van der Waals surface area contributed by atoms with Crippen LogP contribution < -0.4 is 18.4 Å². The minimum atomic E-state index is -4.02. The van der Waals surface area contributed by atoms with Crippen LogP contribution in [0, 0.1) is 6.92 Å². The maximum atomic E-state index is 13.2. The Morgan fingerprint density at radius 3 is 2.62 bits per heavy atom. The van der Waals surface area contributed by atoms with E-state index < -0.39 is 10.1 Å². The Hall–Kier alpha value is -3.23. The van der Waals surface area contributed by atoms with Crippen LogP contribution in [0.25, 0.3) is 0 Å². The molecule has 1 atom stereocenters. The quantitative estimate of drug-likeness (QED) is 0.521. The molecule has 0 radical (unpaired) electrons. The summed E-state index contributed by atoms with van der Waals surface area (Å²) in [4.78, 5) is 2.53. The van der Waals surface area contributed by atoms with E-state index in [1.54, 1.807) is 37.3 Å². The lowest BCUT2D eigenvalue weighted by molar-refractivity contribution is 0.159. The average Bonchev–Trinajstić information content (AvgIpc) is 3.29. The van der Waals surface area contributed by atoms with E-state index in [9.17, 15) is 8.42 Å². The minimum absolute atomic E-state index is 0.159. The number of rotatable bonds is 4. The zero-order chi connectivity index (χ0) is 23.4. The van der Waals surface area contributed by atoms with Gasteiger partial charge in [0.15, 0.2) is 23.0 Å². The molecule has 0 saturated carbocycles. The molecule has 0 spiro atoms. The molecule has 3 aliphatic rings. The van der Waals surface area contributed by atoms with E-state index in [1.165, 1.54) is 18.2 Å². The number of ether oxygens (including phenoxy) is 3. The summed E-state index contributed by atoms with van der Waals surface area (Å²) in [5.41, 5.74) is 5.07. The van der Waals surface area contributed by atoms with Gasteiger partial charge in [0, 0.05) is 24.7 Å². The maximum Gasteiger partial charge on any atom is 0.339 e. The highest BCUT2D eigenvalue weighted by molar-refractivity contribution is 7.87. The topological polar surface area (TPSA) is 74.3 Å². The summed E-state index contributed by atoms with van der Waals surface area (Å²) in [5.74, 6) is 2.29. The number of nitrogens with zero attached hydrogens (tertiary/aromatic N) is 1. The molecule has 3 heterocycles. The Labute approximate surface area is 198 Å². The van der Waals surface area contributed by atoms with E-state index in [1.807, 2.05) is 6.07 Å². The Morgan fingerprint density at radius 1 is 1.03 bits per heavy atom. The highest BCUT2D eigenvalue weighted by atomic mass is 32.2. The van der Waals surface area contributed by atoms with Gasteiger partial charge in [-0.2, -0.15) is 8.42 Å². The van der Waals surface area contributed by atoms with Crippen molar-refractivity contribution in [1.82, 2.24) is 4.90 Å². The lowest BCUT2D eigenvalue weighted by atomic mass is 9.83. The van der Waals surface area contributed by atoms with Crippen molar-refractivity contribution in [2.45, 2.75) is 37.2 Å². The summed E-state index contributed by atoms with van der Waals surface area (Å²) in [6.07, 6.45) is 1.63. The standard InChI is InChI=1S/C26H25NO6S/c1-16-5-3-4-6-25(16)34(28,29)33-26-20-14-27-10-9-18-12-23-24(32-15-31-23)13-19(18)21(27)11-17(20)7-8-22(26)30-2/h3-8,12-13,21H,9-11,14-15H2,1-2H3. The van der Waals surface area contributed by atoms with E-state index in [0.717, 1.165) is 42.0 Å². The number of hydrogen-bond acceptors (Lipinski definition) is 7. The van der Waals surface area contributed by atoms with Crippen molar-refractivity contribution < 1.29 is 26.8 Å². The molecule has 0 saturated heterocycles. The van der Waals surface area contributed by atoms with Crippen molar-refractivity contribution in [2.75, 3.05) is 20.4 Å². The van der Waals surface area contributed by atoms with Crippen LogP contribution in [-0.4, -0.2) is 33.8 Å². The van der Waals surface area contributed by atoms with Crippen molar-refractivity contribution in [3.05, 3.63) is 76.3 Å². The molecule has 34 heavy (non-hydrogen) atoms. The number of aryl methyl sites for hydroxylation is 1. The average molecular weight is 480 g/mol. The third kappa shape index (κ3) is 3.40. The molecular formula is C26H25NO6S. The van der Waals surface area contributed by atoms with Crippen molar-refractivity contribution in [2.24, 2.45) is 0 Å². The van der Waals surface area contributed by atoms with Crippen LogP contribution in [0.1, 0.15) is 33.9 Å². The molecule has 3 aliphatic heterocycles. The second kappa shape index (κ2) is 7.92. The first kappa shape index (κ1) is 21.3. The fraction of sp³-hybridized carbons (Fsp3) is 0.308. The van der Waals surface area contributed by atoms with E-state index in [-0.39, 0.29) is 23.5 Å². The van der Waals surface area contributed by atoms with Crippen LogP contribution >= 0.6 is 0 Å². The zero-order valence-corrected chi connectivity index (χ0v) is 19.9. The van der Waals surface area contributed by atoms with E-state index in [2.05, 4.69) is 17.0 Å². The molecule has 7 nitrogen and oxygen atoms in total. The largest absolute Gasteiger partial charge is 0.493 e. The van der Waals surface area contributed by atoms with E-state index in [4.69, 9.17) is 18.4 Å². The molecule has 1 unspecified atom stereocenters. The summed E-state index contributed by atoms with van der Waals surface area (Å²) in [6, 6.07) is 15.0. The van der Waals surface area contributed by atoms with Gasteiger partial charge in [-0.3, -0.25) is 4.90 Å². The first-order valence-electron chi connectivity index (χ1n) is 11.3. The number of methoxy groups -OCH3 is 1. The SMILES string of the molecule is COc1ccc2c(c1OS(=O)(=O)c1ccccc1C)CN1CCc3cc4c(cc3C1C2)OCO4. The molecule has 0 fully saturated rings. The second-order valence-electron chi connectivity index (χ2n) is 8.88. The predicted octanol–water partition coefficient (Wildman–Crippen LogP) is 4.16. The number of hydrogen-bond donors (Lipinski definition) is 0. The van der Waals surface area contributed by atoms with E-state index >= 15 is 0 Å². The summed E-state index contributed by atoms with van der Waals surface area (Å²) in [5, 5.41) is 0. The zero-order valence-electron chi connectivity index (χ0n) is 19.0. The smallest absolute Gasteiger partial charge is 0.339 e. The van der Waals surface area contributed by atoms with Gasteiger partial charge in [0.05, 0.1) is 7.11 Å². The van der Waals surface area contributed by atoms with Gasteiger partial charge in [0.2, 0.25) is 6.79 Å². The highest BCUT2D eigenvalue weighted by Crippen LogP contribution is 2.47. The molecule has 0 bridgehead atoms. The summed E-state index contributed by atoms with van der Waals surface area (Å²) < 4.78 is 48.9. The normalized spacial score (nSPS) is 18.6. The molecule has 0 amide bonds. The number of benzene rings is 3. The van der Waals surface area contributed by atoms with Crippen LogP contribution in [0.3, 0.4) is 0 Å². The fourth-order valence-corrected chi connectivity index (χ4v) is 6.44. The lowest BCUT2D eigenvalue weighted by Crippen LogP contribution is -2.39. The first-order valence-corrected chi connectivity index (χ1v) is 12.7. The number of fused-ring (bicyclic) bond motifs is 5. The predicted molar refractivity (Wildman–Crippen MR) is 125 cm³/mol. The monoisotopic (exact) mass is 479 g/mol. The third-order valence-electron chi connectivity index (χ3n) is 6.97. The fourth-order valence-electron chi connectivity index (χ4n) is 5.24. The van der Waals surface area contributed by atoms with Crippen LogP contribution in [0.4, 0.5) is 0 Å². The van der Waals surface area contributed by atoms with Gasteiger partial charge in [-0.25, -0.2) is 0 Å². The molecule has 3 aromatic carbocycles. The molecule has 6 rings (SSSR count). The molecule has 0 aromatic heterocycles. The molecule has 176 valence electrons. The van der Waals surface area contributed by atoms with Gasteiger partial charge in [0.25, 0.3) is 0 Å². The Morgan fingerprint density at radius 2 is 1.82 bits per heavy atom. The molecular weight excluding hydrogens is 454 g/mol. The molecule has 3 aromatic rings. The Kier molecular flexibility index (Phi) is 4.97. The van der Waals surface area contributed by atoms with Crippen molar-refractivity contribution in [3.8, 4) is 23.0 Å². The Balaban J connectivity index is 1.39. The van der Waals surface area contributed by atoms with Crippen molar-refractivity contribution in [3.63, 3.8) is 0 Å².